The van der Waals surface area contributed by atoms with Gasteiger partial charge < -0.3 is 0 Å². The monoisotopic (exact) mass is 210 g/mol. The first kappa shape index (κ1) is 9.89. The molecule has 0 N–H and O–H groups in total. The number of hydrogen-bond acceptors (Lipinski definition) is 0. The van der Waals surface area contributed by atoms with E-state index in [2.05, 4.69) is 50.3 Å². The molecule has 0 aromatic heterocycles. The highest BCUT2D eigenvalue weighted by molar-refractivity contribution is 5.41. The van der Waals surface area contributed by atoms with Crippen molar-refractivity contribution in [1.29, 1.82) is 0 Å². The van der Waals surface area contributed by atoms with Gasteiger partial charge in [0.1, 0.15) is 0 Å². The average Bonchev–Trinajstić information content (AvgIpc) is 2.28. The Kier molecular flexibility index (Phi) is 2.24. The molecule has 0 fully saturated rings. The molecule has 3 rings (SSSR count). The normalized spacial score (nSPS) is 26.4. The van der Waals surface area contributed by atoms with Gasteiger partial charge in [0.05, 0.1) is 0 Å². The lowest BCUT2D eigenvalue weighted by atomic mass is 9.73. The van der Waals surface area contributed by atoms with Crippen molar-refractivity contribution in [3.63, 3.8) is 0 Å². The van der Waals surface area contributed by atoms with Crippen LogP contribution in [-0.2, 0) is 12.8 Å². The minimum absolute atomic E-state index is 0.736. The summed E-state index contributed by atoms with van der Waals surface area (Å²) in [4.78, 5) is 0. The second-order valence-corrected chi connectivity index (χ2v) is 5.21. The maximum absolute atomic E-state index is 2.40. The van der Waals surface area contributed by atoms with E-state index in [1.807, 2.05) is 0 Å². The average molecular weight is 210 g/mol. The van der Waals surface area contributed by atoms with Crippen LogP contribution in [0.4, 0.5) is 0 Å². The van der Waals surface area contributed by atoms with Gasteiger partial charge in [-0.3, -0.25) is 0 Å². The molecular weight excluding hydrogens is 192 g/mol. The third-order valence-corrected chi connectivity index (χ3v) is 4.10. The number of fused-ring (bicyclic) bond motifs is 2. The summed E-state index contributed by atoms with van der Waals surface area (Å²) in [6, 6.07) is 4.79. The SMILES string of the molecule is Cc1cc2c(cc1C)CC1C=CC=CC1C2. The van der Waals surface area contributed by atoms with Crippen molar-refractivity contribution in [3.05, 3.63) is 58.7 Å². The Labute approximate surface area is 97.7 Å². The Bertz CT molecular complexity index is 432. The van der Waals surface area contributed by atoms with Crippen molar-refractivity contribution < 1.29 is 0 Å². The predicted molar refractivity (Wildman–Crippen MR) is 68.6 cm³/mol. The molecule has 0 radical (unpaired) electrons. The van der Waals surface area contributed by atoms with Crippen LogP contribution >= 0.6 is 0 Å². The van der Waals surface area contributed by atoms with E-state index >= 15 is 0 Å². The molecule has 0 saturated carbocycles. The molecule has 0 amide bonds. The van der Waals surface area contributed by atoms with Crippen molar-refractivity contribution in [2.75, 3.05) is 0 Å². The van der Waals surface area contributed by atoms with Gasteiger partial charge in [-0.2, -0.15) is 0 Å². The van der Waals surface area contributed by atoms with E-state index < -0.39 is 0 Å². The summed E-state index contributed by atoms with van der Waals surface area (Å²) in [5.41, 5.74) is 6.02. The molecule has 0 heterocycles. The number of allylic oxidation sites excluding steroid dienone is 4. The van der Waals surface area contributed by atoms with E-state index in [0.29, 0.717) is 0 Å². The fourth-order valence-electron chi connectivity index (χ4n) is 2.96. The first-order valence-corrected chi connectivity index (χ1v) is 6.18. The lowest BCUT2D eigenvalue weighted by Crippen LogP contribution is -2.24. The number of hydrogen-bond donors (Lipinski definition) is 0. The van der Waals surface area contributed by atoms with Gasteiger partial charge in [0.2, 0.25) is 0 Å². The Morgan fingerprint density at radius 2 is 1.25 bits per heavy atom. The highest BCUT2D eigenvalue weighted by atomic mass is 14.3. The maximum Gasteiger partial charge on any atom is -0.0124 e. The third kappa shape index (κ3) is 1.53. The summed E-state index contributed by atoms with van der Waals surface area (Å²) in [5.74, 6) is 1.47. The van der Waals surface area contributed by atoms with E-state index in [0.717, 1.165) is 11.8 Å². The molecule has 0 aliphatic heterocycles. The van der Waals surface area contributed by atoms with Crippen LogP contribution in [0.2, 0.25) is 0 Å². The molecule has 0 heteroatoms. The van der Waals surface area contributed by atoms with Crippen LogP contribution < -0.4 is 0 Å². The van der Waals surface area contributed by atoms with Gasteiger partial charge in [0.25, 0.3) is 0 Å². The Hall–Kier alpha value is -1.30. The van der Waals surface area contributed by atoms with Gasteiger partial charge in [0.15, 0.2) is 0 Å². The molecule has 0 saturated heterocycles. The Morgan fingerprint density at radius 3 is 1.69 bits per heavy atom. The standard InChI is InChI=1S/C16H18/c1-11-7-15-9-13-5-3-4-6-14(13)10-16(15)8-12(11)2/h3-8,13-14H,9-10H2,1-2H3. The molecular formula is C16H18. The van der Waals surface area contributed by atoms with E-state index in [1.165, 1.54) is 24.0 Å². The van der Waals surface area contributed by atoms with Crippen molar-refractivity contribution in [2.45, 2.75) is 26.7 Å². The Morgan fingerprint density at radius 1 is 0.812 bits per heavy atom. The molecule has 2 atom stereocenters. The first-order valence-electron chi connectivity index (χ1n) is 6.18. The van der Waals surface area contributed by atoms with Crippen LogP contribution in [0.25, 0.3) is 0 Å². The lowest BCUT2D eigenvalue weighted by Gasteiger charge is -2.31. The molecule has 0 bridgehead atoms. The van der Waals surface area contributed by atoms with Crippen LogP contribution in [-0.4, -0.2) is 0 Å². The topological polar surface area (TPSA) is 0 Å². The van der Waals surface area contributed by atoms with Gasteiger partial charge in [-0.15, -0.1) is 0 Å². The predicted octanol–water partition coefficient (Wildman–Crippen LogP) is 3.76. The van der Waals surface area contributed by atoms with Crippen molar-refractivity contribution >= 4 is 0 Å². The molecule has 2 unspecified atom stereocenters. The second-order valence-electron chi connectivity index (χ2n) is 5.21. The Balaban J connectivity index is 2.02. The van der Waals surface area contributed by atoms with Crippen LogP contribution in [0.15, 0.2) is 36.4 Å². The molecule has 2 aliphatic carbocycles. The zero-order valence-corrected chi connectivity index (χ0v) is 10.0. The fourth-order valence-corrected chi connectivity index (χ4v) is 2.96. The second kappa shape index (κ2) is 3.62. The fraction of sp³-hybridized carbons (Fsp3) is 0.375. The van der Waals surface area contributed by atoms with Crippen LogP contribution in [0.1, 0.15) is 22.3 Å². The van der Waals surface area contributed by atoms with E-state index in [9.17, 15) is 0 Å². The van der Waals surface area contributed by atoms with Gasteiger partial charge in [-0.25, -0.2) is 0 Å². The molecule has 1 aromatic rings. The minimum atomic E-state index is 0.736. The van der Waals surface area contributed by atoms with E-state index in [-0.39, 0.29) is 0 Å². The molecule has 2 aliphatic rings. The summed E-state index contributed by atoms with van der Waals surface area (Å²) in [6.45, 7) is 4.44. The van der Waals surface area contributed by atoms with Gasteiger partial charge in [-0.05, 0) is 60.8 Å². The number of rotatable bonds is 0. The largest absolute Gasteiger partial charge is 0.0805 e. The number of aryl methyl sites for hydroxylation is 2. The zero-order valence-electron chi connectivity index (χ0n) is 10.0. The maximum atomic E-state index is 2.40. The summed E-state index contributed by atoms with van der Waals surface area (Å²) in [5, 5.41) is 0. The molecule has 0 nitrogen and oxygen atoms in total. The summed E-state index contributed by atoms with van der Waals surface area (Å²) in [6.07, 6.45) is 11.6. The lowest BCUT2D eigenvalue weighted by molar-refractivity contribution is 0.437. The molecule has 1 aromatic carbocycles. The highest BCUT2D eigenvalue weighted by Gasteiger charge is 2.26. The summed E-state index contributed by atoms with van der Waals surface area (Å²) < 4.78 is 0. The number of benzene rings is 1. The third-order valence-electron chi connectivity index (χ3n) is 4.10. The van der Waals surface area contributed by atoms with Crippen LogP contribution in [0.3, 0.4) is 0 Å². The summed E-state index contributed by atoms with van der Waals surface area (Å²) in [7, 11) is 0. The van der Waals surface area contributed by atoms with Gasteiger partial charge in [-0.1, -0.05) is 36.4 Å². The van der Waals surface area contributed by atoms with Gasteiger partial charge >= 0.3 is 0 Å². The van der Waals surface area contributed by atoms with Gasteiger partial charge in [0, 0.05) is 0 Å². The van der Waals surface area contributed by atoms with Crippen molar-refractivity contribution in [3.8, 4) is 0 Å². The quantitative estimate of drug-likeness (QED) is 0.611. The van der Waals surface area contributed by atoms with Crippen molar-refractivity contribution in [1.82, 2.24) is 0 Å². The highest BCUT2D eigenvalue weighted by Crippen LogP contribution is 2.34. The first-order chi connectivity index (χ1) is 7.74. The molecule has 0 spiro atoms. The summed E-state index contributed by atoms with van der Waals surface area (Å²) >= 11 is 0. The van der Waals surface area contributed by atoms with E-state index in [1.54, 1.807) is 11.1 Å². The van der Waals surface area contributed by atoms with Crippen molar-refractivity contribution in [2.24, 2.45) is 11.8 Å². The zero-order chi connectivity index (χ0) is 11.1. The molecule has 82 valence electrons. The minimum Gasteiger partial charge on any atom is -0.0805 e. The van der Waals surface area contributed by atoms with E-state index in [4.69, 9.17) is 0 Å². The van der Waals surface area contributed by atoms with Crippen LogP contribution in [0.5, 0.6) is 0 Å². The van der Waals surface area contributed by atoms with Crippen LogP contribution in [0, 0.1) is 25.7 Å². The molecule has 16 heavy (non-hydrogen) atoms. The smallest absolute Gasteiger partial charge is 0.0124 e.